The molecule has 0 aliphatic rings. The molecule has 42 heavy (non-hydrogen) atoms. The molecule has 0 fully saturated rings. The zero-order valence-corrected chi connectivity index (χ0v) is 24.4. The largest absolute Gasteiger partial charge is 0.467 e. The minimum atomic E-state index is -4.78. The highest BCUT2D eigenvalue weighted by molar-refractivity contribution is 7.86. The van der Waals surface area contributed by atoms with Gasteiger partial charge in [0.25, 0.3) is 20.2 Å². The molecule has 0 saturated carbocycles. The number of benzene rings is 2. The van der Waals surface area contributed by atoms with Crippen LogP contribution in [0.25, 0.3) is 12.2 Å². The smallest absolute Gasteiger partial charge is 0.322 e. The van der Waals surface area contributed by atoms with Crippen LogP contribution in [0, 0.1) is 0 Å². The van der Waals surface area contributed by atoms with E-state index in [0.29, 0.717) is 0 Å². The van der Waals surface area contributed by atoms with Gasteiger partial charge in [0.15, 0.2) is 0 Å². The molecule has 2 heterocycles. The predicted octanol–water partition coefficient (Wildman–Crippen LogP) is 3.53. The van der Waals surface area contributed by atoms with Crippen LogP contribution < -0.4 is 20.1 Å². The number of hydrogen-bond donors (Lipinski definition) is 4. The number of halogens is 2. The van der Waals surface area contributed by atoms with Crippen molar-refractivity contribution in [3.05, 3.63) is 58.1 Å². The standard InChI is InChI=1S/C22H18Cl2N8O8S2/c1-39-21-29-17(23)27-19(31-21)25-13-7-5-11(15(9-13)41(33,34)35)3-4-12-6-8-14(10-16(12)42(36,37)38)26-20-28-18(24)30-22(32-20)40-2/h3-10H,1-2H3,(H,33,34,35)(H,36,37,38)(H,25,27,29,31)(H,26,28,30,32)/b4-3+. The molecule has 0 bridgehead atoms. The van der Waals surface area contributed by atoms with Gasteiger partial charge in [0.1, 0.15) is 9.79 Å². The van der Waals surface area contributed by atoms with E-state index in [2.05, 4.69) is 40.5 Å². The van der Waals surface area contributed by atoms with Gasteiger partial charge in [0.2, 0.25) is 22.5 Å². The van der Waals surface area contributed by atoms with E-state index < -0.39 is 30.0 Å². The number of aromatic nitrogens is 6. The van der Waals surface area contributed by atoms with Crippen molar-refractivity contribution >= 4 is 78.9 Å². The van der Waals surface area contributed by atoms with E-state index in [1.807, 2.05) is 0 Å². The average Bonchev–Trinajstić information content (AvgIpc) is 2.91. The lowest BCUT2D eigenvalue weighted by Gasteiger charge is -2.11. The van der Waals surface area contributed by atoms with Crippen LogP contribution in [0.1, 0.15) is 11.1 Å². The fourth-order valence-electron chi connectivity index (χ4n) is 3.34. The predicted molar refractivity (Wildman–Crippen MR) is 151 cm³/mol. The van der Waals surface area contributed by atoms with Crippen LogP contribution in [0.4, 0.5) is 23.3 Å². The molecule has 0 unspecified atom stereocenters. The van der Waals surface area contributed by atoms with Gasteiger partial charge in [-0.2, -0.15) is 46.7 Å². The van der Waals surface area contributed by atoms with E-state index in [4.69, 9.17) is 32.7 Å². The minimum Gasteiger partial charge on any atom is -0.467 e. The molecule has 16 nitrogen and oxygen atoms in total. The van der Waals surface area contributed by atoms with Crippen molar-refractivity contribution in [2.75, 3.05) is 24.9 Å². The molecule has 0 saturated heterocycles. The van der Waals surface area contributed by atoms with Crippen LogP contribution in [-0.4, -0.2) is 70.1 Å². The lowest BCUT2D eigenvalue weighted by atomic mass is 10.1. The van der Waals surface area contributed by atoms with E-state index in [1.165, 1.54) is 50.6 Å². The number of rotatable bonds is 10. The van der Waals surface area contributed by atoms with Gasteiger partial charge < -0.3 is 20.1 Å². The van der Waals surface area contributed by atoms with Gasteiger partial charge >= 0.3 is 12.0 Å². The first-order chi connectivity index (χ1) is 19.7. The van der Waals surface area contributed by atoms with Crippen molar-refractivity contribution < 1.29 is 35.4 Å². The van der Waals surface area contributed by atoms with Crippen LogP contribution >= 0.6 is 23.2 Å². The molecule has 4 rings (SSSR count). The Bertz CT molecular complexity index is 1770. The molecule has 2 aromatic carbocycles. The quantitative estimate of drug-likeness (QED) is 0.141. The first-order valence-corrected chi connectivity index (χ1v) is 14.7. The second-order valence-corrected chi connectivity index (χ2v) is 11.3. The van der Waals surface area contributed by atoms with E-state index in [-0.39, 0.29) is 57.0 Å². The fraction of sp³-hybridized carbons (Fsp3) is 0.0909. The Hall–Kier alpha value is -4.20. The zero-order valence-electron chi connectivity index (χ0n) is 21.2. The highest BCUT2D eigenvalue weighted by Gasteiger charge is 2.18. The Morgan fingerprint density at radius 3 is 1.38 bits per heavy atom. The molecular formula is C22H18Cl2N8O8S2. The highest BCUT2D eigenvalue weighted by Crippen LogP contribution is 2.28. The van der Waals surface area contributed by atoms with Crippen LogP contribution in [0.3, 0.4) is 0 Å². The molecule has 0 spiro atoms. The van der Waals surface area contributed by atoms with Gasteiger partial charge in [-0.15, -0.1) is 0 Å². The second kappa shape index (κ2) is 12.3. The van der Waals surface area contributed by atoms with Gasteiger partial charge in [-0.3, -0.25) is 9.11 Å². The molecule has 0 aliphatic carbocycles. The lowest BCUT2D eigenvalue weighted by molar-refractivity contribution is 0.378. The third-order valence-corrected chi connectivity index (χ3v) is 7.23. The van der Waals surface area contributed by atoms with E-state index in [0.717, 1.165) is 12.1 Å². The van der Waals surface area contributed by atoms with Gasteiger partial charge in [0, 0.05) is 11.4 Å². The minimum absolute atomic E-state index is 0.0234. The van der Waals surface area contributed by atoms with E-state index in [1.54, 1.807) is 0 Å². The first-order valence-electron chi connectivity index (χ1n) is 11.1. The number of anilines is 4. The third kappa shape index (κ3) is 7.75. The summed E-state index contributed by atoms with van der Waals surface area (Å²) in [7, 11) is -6.93. The maximum absolute atomic E-state index is 12.2. The van der Waals surface area contributed by atoms with Crippen LogP contribution in [0.2, 0.25) is 10.6 Å². The van der Waals surface area contributed by atoms with Gasteiger partial charge in [0.05, 0.1) is 14.2 Å². The van der Waals surface area contributed by atoms with E-state index in [9.17, 15) is 25.9 Å². The van der Waals surface area contributed by atoms with Crippen molar-refractivity contribution in [1.29, 1.82) is 0 Å². The molecule has 0 atom stereocenters. The maximum atomic E-state index is 12.2. The average molecular weight is 657 g/mol. The van der Waals surface area contributed by atoms with Crippen LogP contribution in [-0.2, 0) is 20.2 Å². The maximum Gasteiger partial charge on any atom is 0.322 e. The van der Waals surface area contributed by atoms with Crippen molar-refractivity contribution in [3.8, 4) is 12.0 Å². The van der Waals surface area contributed by atoms with Crippen molar-refractivity contribution in [2.45, 2.75) is 9.79 Å². The molecule has 0 aliphatic heterocycles. The number of nitrogens with zero attached hydrogens (tertiary/aromatic N) is 6. The Balaban J connectivity index is 1.68. The Labute approximate surface area is 248 Å². The van der Waals surface area contributed by atoms with Crippen molar-refractivity contribution in [2.24, 2.45) is 0 Å². The summed E-state index contributed by atoms with van der Waals surface area (Å²) in [5, 5.41) is 5.07. The summed E-state index contributed by atoms with van der Waals surface area (Å²) in [4.78, 5) is 22.0. The first kappa shape index (κ1) is 30.8. The molecule has 4 N–H and O–H groups in total. The number of ether oxygens (including phenoxy) is 2. The fourth-order valence-corrected chi connectivity index (χ4v) is 5.07. The molecule has 0 amide bonds. The van der Waals surface area contributed by atoms with Crippen molar-refractivity contribution in [3.63, 3.8) is 0 Å². The van der Waals surface area contributed by atoms with Crippen LogP contribution in [0.5, 0.6) is 12.0 Å². The molecule has 220 valence electrons. The van der Waals surface area contributed by atoms with Gasteiger partial charge in [-0.05, 0) is 58.6 Å². The number of hydrogen-bond acceptors (Lipinski definition) is 14. The highest BCUT2D eigenvalue weighted by atomic mass is 35.5. The Kier molecular flexibility index (Phi) is 9.04. The zero-order chi connectivity index (χ0) is 30.7. The summed E-state index contributed by atoms with van der Waals surface area (Å²) in [5.74, 6) is -0.137. The Morgan fingerprint density at radius 2 is 1.05 bits per heavy atom. The molecular weight excluding hydrogens is 639 g/mol. The van der Waals surface area contributed by atoms with Crippen molar-refractivity contribution in [1.82, 2.24) is 29.9 Å². The monoisotopic (exact) mass is 656 g/mol. The molecule has 4 aromatic rings. The summed E-state index contributed by atoms with van der Waals surface area (Å²) in [5.41, 5.74) is 0.246. The number of nitrogens with one attached hydrogen (secondary N) is 2. The Morgan fingerprint density at radius 1 is 0.667 bits per heavy atom. The summed E-state index contributed by atoms with van der Waals surface area (Å²) < 4.78 is 78.2. The number of methoxy groups -OCH3 is 2. The van der Waals surface area contributed by atoms with Gasteiger partial charge in [-0.25, -0.2) is 0 Å². The molecule has 20 heteroatoms. The summed E-state index contributed by atoms with van der Waals surface area (Å²) >= 11 is 11.7. The normalized spacial score (nSPS) is 11.9. The summed E-state index contributed by atoms with van der Waals surface area (Å²) in [6.07, 6.45) is 2.45. The molecule has 2 aromatic heterocycles. The second-order valence-electron chi connectivity index (χ2n) is 7.87. The van der Waals surface area contributed by atoms with Crippen LogP contribution in [0.15, 0.2) is 46.2 Å². The molecule has 0 radical (unpaired) electrons. The lowest BCUT2D eigenvalue weighted by Crippen LogP contribution is -2.05. The van der Waals surface area contributed by atoms with E-state index >= 15 is 0 Å². The van der Waals surface area contributed by atoms with Gasteiger partial charge in [-0.1, -0.05) is 24.3 Å². The topological polar surface area (TPSA) is 229 Å². The SMILES string of the molecule is COc1nc(Cl)nc(Nc2ccc(/C=C/c3ccc(Nc4nc(Cl)nc(OC)n4)cc3S(=O)(=O)O)c(S(=O)(=O)O)c2)n1. The third-order valence-electron chi connectivity index (χ3n) is 5.08. The summed E-state index contributed by atoms with van der Waals surface area (Å²) in [6.45, 7) is 0. The summed E-state index contributed by atoms with van der Waals surface area (Å²) in [6, 6.07) is 7.49.